The Morgan fingerprint density at radius 3 is 2.28 bits per heavy atom. The molecule has 0 aromatic carbocycles. The maximum Gasteiger partial charge on any atom is 0.0638 e. The summed E-state index contributed by atoms with van der Waals surface area (Å²) in [5, 5.41) is 0. The largest absolute Gasteiger partial charge is 0.379 e. The summed E-state index contributed by atoms with van der Waals surface area (Å²) in [6.45, 7) is 7.37. The molecule has 0 aromatic rings. The van der Waals surface area contributed by atoms with E-state index in [1.165, 1.54) is 25.7 Å². The second kappa shape index (κ2) is 6.88. The van der Waals surface area contributed by atoms with Gasteiger partial charge < -0.3 is 10.5 Å². The summed E-state index contributed by atoms with van der Waals surface area (Å²) >= 11 is 0. The first-order valence-electron chi connectivity index (χ1n) is 7.36. The van der Waals surface area contributed by atoms with Gasteiger partial charge in [0.1, 0.15) is 0 Å². The Bertz CT molecular complexity index is 235. The van der Waals surface area contributed by atoms with E-state index in [0.29, 0.717) is 12.1 Å². The number of nitrogens with two attached hydrogens (primary N) is 1. The molecule has 108 valence electrons. The van der Waals surface area contributed by atoms with Crippen molar-refractivity contribution in [1.29, 1.82) is 0 Å². The van der Waals surface area contributed by atoms with E-state index in [-0.39, 0.29) is 5.60 Å². The summed E-state index contributed by atoms with van der Waals surface area (Å²) in [6, 6.07) is 1.14. The number of methoxy groups -OCH3 is 1. The standard InChI is InChI=1S/C15H32N2O/c1-12-6-8-13(9-7-12)17(4)14(11-16)10-15(2,3)18-5/h12-14H,6-11,16H2,1-5H3. The molecule has 0 heterocycles. The zero-order valence-corrected chi connectivity index (χ0v) is 12.9. The van der Waals surface area contributed by atoms with Crippen LogP contribution in [0.2, 0.25) is 0 Å². The third-order valence-corrected chi connectivity index (χ3v) is 4.69. The van der Waals surface area contributed by atoms with Crippen LogP contribution >= 0.6 is 0 Å². The van der Waals surface area contributed by atoms with Gasteiger partial charge in [-0.2, -0.15) is 0 Å². The SMILES string of the molecule is COC(C)(C)CC(CN)N(C)C1CCC(C)CC1. The quantitative estimate of drug-likeness (QED) is 0.794. The van der Waals surface area contributed by atoms with Gasteiger partial charge in [0.2, 0.25) is 0 Å². The number of hydrogen-bond donors (Lipinski definition) is 1. The topological polar surface area (TPSA) is 38.5 Å². The third kappa shape index (κ3) is 4.52. The van der Waals surface area contributed by atoms with Gasteiger partial charge in [-0.25, -0.2) is 0 Å². The molecule has 0 bridgehead atoms. The molecule has 1 aliphatic rings. The normalized spacial score (nSPS) is 27.5. The van der Waals surface area contributed by atoms with E-state index in [2.05, 4.69) is 32.7 Å². The molecule has 0 aromatic heterocycles. The molecule has 1 unspecified atom stereocenters. The molecular formula is C15H32N2O. The van der Waals surface area contributed by atoms with E-state index in [1.807, 2.05) is 0 Å². The molecular weight excluding hydrogens is 224 g/mol. The number of rotatable bonds is 6. The van der Waals surface area contributed by atoms with Gasteiger partial charge in [0.15, 0.2) is 0 Å². The van der Waals surface area contributed by atoms with Crippen LogP contribution in [0.5, 0.6) is 0 Å². The highest BCUT2D eigenvalue weighted by Crippen LogP contribution is 2.29. The van der Waals surface area contributed by atoms with Gasteiger partial charge in [0.05, 0.1) is 5.60 Å². The monoisotopic (exact) mass is 256 g/mol. The molecule has 1 rings (SSSR count). The van der Waals surface area contributed by atoms with Crippen molar-refractivity contribution < 1.29 is 4.74 Å². The van der Waals surface area contributed by atoms with E-state index in [1.54, 1.807) is 7.11 Å². The van der Waals surface area contributed by atoms with Crippen LogP contribution in [0.1, 0.15) is 52.9 Å². The molecule has 0 spiro atoms. The Morgan fingerprint density at radius 1 is 1.28 bits per heavy atom. The number of likely N-dealkylation sites (N-methyl/N-ethyl adjacent to an activating group) is 1. The molecule has 1 aliphatic carbocycles. The van der Waals surface area contributed by atoms with E-state index < -0.39 is 0 Å². The average Bonchev–Trinajstić information content (AvgIpc) is 2.36. The van der Waals surface area contributed by atoms with Crippen molar-refractivity contribution in [3.63, 3.8) is 0 Å². The van der Waals surface area contributed by atoms with Crippen molar-refractivity contribution in [3.8, 4) is 0 Å². The van der Waals surface area contributed by atoms with Crippen LogP contribution in [0.15, 0.2) is 0 Å². The lowest BCUT2D eigenvalue weighted by atomic mass is 9.85. The Hall–Kier alpha value is -0.120. The van der Waals surface area contributed by atoms with Gasteiger partial charge in [-0.05, 0) is 58.9 Å². The van der Waals surface area contributed by atoms with Gasteiger partial charge in [-0.3, -0.25) is 4.90 Å². The Kier molecular flexibility index (Phi) is 6.09. The molecule has 3 nitrogen and oxygen atoms in total. The first kappa shape index (κ1) is 15.9. The van der Waals surface area contributed by atoms with Crippen LogP contribution in [0.3, 0.4) is 0 Å². The van der Waals surface area contributed by atoms with Gasteiger partial charge in [0, 0.05) is 25.7 Å². The molecule has 18 heavy (non-hydrogen) atoms. The lowest BCUT2D eigenvalue weighted by Gasteiger charge is -2.40. The predicted octanol–water partition coefficient (Wildman–Crippen LogP) is 2.64. The summed E-state index contributed by atoms with van der Waals surface area (Å²) in [7, 11) is 4.03. The lowest BCUT2D eigenvalue weighted by Crippen LogP contribution is -2.48. The number of ether oxygens (including phenoxy) is 1. The van der Waals surface area contributed by atoms with Gasteiger partial charge in [-0.15, -0.1) is 0 Å². The molecule has 1 saturated carbocycles. The second-order valence-electron chi connectivity index (χ2n) is 6.64. The number of hydrogen-bond acceptors (Lipinski definition) is 3. The molecule has 3 heteroatoms. The zero-order chi connectivity index (χ0) is 13.8. The van der Waals surface area contributed by atoms with Crippen molar-refractivity contribution in [2.75, 3.05) is 20.7 Å². The summed E-state index contributed by atoms with van der Waals surface area (Å²) in [5.41, 5.74) is 5.89. The lowest BCUT2D eigenvalue weighted by molar-refractivity contribution is -0.0127. The van der Waals surface area contributed by atoms with Crippen LogP contribution in [0, 0.1) is 5.92 Å². The van der Waals surface area contributed by atoms with E-state index in [4.69, 9.17) is 10.5 Å². The maximum absolute atomic E-state index is 5.97. The summed E-state index contributed by atoms with van der Waals surface area (Å²) < 4.78 is 5.54. The minimum absolute atomic E-state index is 0.0831. The molecule has 2 N–H and O–H groups in total. The highest BCUT2D eigenvalue weighted by atomic mass is 16.5. The Balaban J connectivity index is 2.53. The Labute approximate surface area is 113 Å². The van der Waals surface area contributed by atoms with E-state index in [9.17, 15) is 0 Å². The van der Waals surface area contributed by atoms with Crippen LogP contribution in [-0.2, 0) is 4.74 Å². The van der Waals surface area contributed by atoms with Gasteiger partial charge >= 0.3 is 0 Å². The van der Waals surface area contributed by atoms with E-state index in [0.717, 1.165) is 18.9 Å². The predicted molar refractivity (Wildman–Crippen MR) is 77.7 cm³/mol. The summed E-state index contributed by atoms with van der Waals surface area (Å²) in [6.07, 6.45) is 6.37. The molecule has 0 aliphatic heterocycles. The third-order valence-electron chi connectivity index (χ3n) is 4.69. The molecule has 0 radical (unpaired) electrons. The fourth-order valence-corrected chi connectivity index (χ4v) is 2.99. The van der Waals surface area contributed by atoms with Gasteiger partial charge in [0.25, 0.3) is 0 Å². The molecule has 1 fully saturated rings. The van der Waals surface area contributed by atoms with Crippen molar-refractivity contribution in [2.45, 2.75) is 70.6 Å². The fourth-order valence-electron chi connectivity index (χ4n) is 2.99. The van der Waals surface area contributed by atoms with Crippen LogP contribution in [0.25, 0.3) is 0 Å². The van der Waals surface area contributed by atoms with Crippen molar-refractivity contribution in [2.24, 2.45) is 11.7 Å². The van der Waals surface area contributed by atoms with Crippen LogP contribution in [0.4, 0.5) is 0 Å². The summed E-state index contributed by atoms with van der Waals surface area (Å²) in [4.78, 5) is 2.51. The minimum Gasteiger partial charge on any atom is -0.379 e. The maximum atomic E-state index is 5.97. The van der Waals surface area contributed by atoms with Crippen LogP contribution < -0.4 is 5.73 Å². The molecule has 0 amide bonds. The Morgan fingerprint density at radius 2 is 1.83 bits per heavy atom. The highest BCUT2D eigenvalue weighted by molar-refractivity contribution is 4.85. The van der Waals surface area contributed by atoms with Crippen molar-refractivity contribution in [3.05, 3.63) is 0 Å². The minimum atomic E-state index is -0.0831. The fraction of sp³-hybridized carbons (Fsp3) is 1.00. The highest BCUT2D eigenvalue weighted by Gasteiger charge is 2.30. The van der Waals surface area contributed by atoms with Gasteiger partial charge in [-0.1, -0.05) is 6.92 Å². The second-order valence-corrected chi connectivity index (χ2v) is 6.64. The zero-order valence-electron chi connectivity index (χ0n) is 12.9. The van der Waals surface area contributed by atoms with Crippen molar-refractivity contribution >= 4 is 0 Å². The first-order valence-corrected chi connectivity index (χ1v) is 7.36. The van der Waals surface area contributed by atoms with Crippen LogP contribution in [-0.4, -0.2) is 43.3 Å². The molecule has 0 saturated heterocycles. The average molecular weight is 256 g/mol. The first-order chi connectivity index (χ1) is 8.39. The molecule has 1 atom stereocenters. The number of nitrogens with zero attached hydrogens (tertiary/aromatic N) is 1. The summed E-state index contributed by atoms with van der Waals surface area (Å²) in [5.74, 6) is 0.904. The van der Waals surface area contributed by atoms with Crippen molar-refractivity contribution in [1.82, 2.24) is 4.90 Å². The van der Waals surface area contributed by atoms with E-state index >= 15 is 0 Å². The smallest absolute Gasteiger partial charge is 0.0638 e.